The number of aromatic nitrogens is 3. The highest BCUT2D eigenvalue weighted by Crippen LogP contribution is 2.17. The first-order chi connectivity index (χ1) is 17.7. The summed E-state index contributed by atoms with van der Waals surface area (Å²) in [6.45, 7) is -0.713. The molecule has 2 heterocycles. The van der Waals surface area contributed by atoms with Crippen LogP contribution in [0.2, 0.25) is 0 Å². The molecule has 2 aromatic carbocycles. The first-order valence-corrected chi connectivity index (χ1v) is 10.7. The number of methoxy groups -OCH3 is 1. The molecule has 0 fully saturated rings. The van der Waals surface area contributed by atoms with Crippen molar-refractivity contribution in [2.45, 2.75) is 12.6 Å². The lowest BCUT2D eigenvalue weighted by Gasteiger charge is -2.17. The number of carbonyl (C=O) groups is 2. The number of aromatic amines is 2. The van der Waals surface area contributed by atoms with Gasteiger partial charge in [-0.2, -0.15) is 0 Å². The van der Waals surface area contributed by atoms with Gasteiger partial charge >= 0.3 is 11.7 Å². The van der Waals surface area contributed by atoms with Crippen LogP contribution in [-0.4, -0.2) is 46.2 Å². The molecule has 37 heavy (non-hydrogen) atoms. The van der Waals surface area contributed by atoms with Crippen LogP contribution in [-0.2, 0) is 16.1 Å². The maximum atomic E-state index is 13.5. The molecule has 0 radical (unpaired) electrons. The Hall–Kier alpha value is -4.81. The van der Waals surface area contributed by atoms with E-state index in [-0.39, 0.29) is 30.0 Å². The predicted molar refractivity (Wildman–Crippen MR) is 124 cm³/mol. The van der Waals surface area contributed by atoms with Gasteiger partial charge in [-0.05, 0) is 42.0 Å². The van der Waals surface area contributed by atoms with Gasteiger partial charge in [0.2, 0.25) is 0 Å². The average molecular weight is 516 g/mol. The van der Waals surface area contributed by atoms with Gasteiger partial charge in [0.15, 0.2) is 23.5 Å². The predicted octanol–water partition coefficient (Wildman–Crippen LogP) is 1.83. The maximum absolute atomic E-state index is 13.5. The minimum atomic E-state index is -1.64. The van der Waals surface area contributed by atoms with E-state index in [0.717, 1.165) is 23.8 Å². The molecule has 0 bridgehead atoms. The van der Waals surface area contributed by atoms with Gasteiger partial charge in [0.25, 0.3) is 11.5 Å². The van der Waals surface area contributed by atoms with Gasteiger partial charge in [0.05, 0.1) is 24.7 Å². The summed E-state index contributed by atoms with van der Waals surface area (Å²) in [5, 5.41) is 2.37. The Balaban J connectivity index is 1.50. The number of esters is 1. The molecule has 0 saturated carbocycles. The van der Waals surface area contributed by atoms with E-state index in [9.17, 15) is 32.3 Å². The number of carbonyl (C=O) groups excluding carboxylic acids is 2. The summed E-state index contributed by atoms with van der Waals surface area (Å²) in [6.07, 6.45) is 1.28. The quantitative estimate of drug-likeness (QED) is 0.242. The molecule has 0 aliphatic rings. The first-order valence-electron chi connectivity index (χ1n) is 10.7. The van der Waals surface area contributed by atoms with Crippen LogP contribution in [0.5, 0.6) is 5.75 Å². The average Bonchev–Trinajstić information content (AvgIpc) is 3.24. The van der Waals surface area contributed by atoms with E-state index in [0.29, 0.717) is 11.0 Å². The SMILES string of the molecule is COC(=O)[C@H](COc1ccc2[nH]c(=O)[nH]c2c1)NC(=O)c1cccn(Cc2cc(F)c(F)c(F)c2)c1=O. The molecule has 3 N–H and O–H groups in total. The topological polar surface area (TPSA) is 135 Å². The van der Waals surface area contributed by atoms with Crippen molar-refractivity contribution in [3.63, 3.8) is 0 Å². The normalized spacial score (nSPS) is 11.8. The van der Waals surface area contributed by atoms with Gasteiger partial charge in [-0.25, -0.2) is 22.8 Å². The highest BCUT2D eigenvalue weighted by atomic mass is 19.2. The molecule has 1 amide bonds. The van der Waals surface area contributed by atoms with Gasteiger partial charge in [0, 0.05) is 12.3 Å². The Morgan fingerprint density at radius 3 is 2.43 bits per heavy atom. The smallest absolute Gasteiger partial charge is 0.331 e. The monoisotopic (exact) mass is 516 g/mol. The number of rotatable bonds is 8. The number of benzene rings is 2. The van der Waals surface area contributed by atoms with E-state index >= 15 is 0 Å². The summed E-state index contributed by atoms with van der Waals surface area (Å²) in [6, 6.07) is 7.35. The molecular weight excluding hydrogens is 497 g/mol. The number of halogens is 3. The van der Waals surface area contributed by atoms with E-state index in [4.69, 9.17) is 9.47 Å². The van der Waals surface area contributed by atoms with Crippen LogP contribution in [0.1, 0.15) is 15.9 Å². The molecule has 1 atom stereocenters. The molecule has 192 valence electrons. The largest absolute Gasteiger partial charge is 0.491 e. The fourth-order valence-corrected chi connectivity index (χ4v) is 3.56. The zero-order chi connectivity index (χ0) is 26.7. The van der Waals surface area contributed by atoms with Gasteiger partial charge < -0.3 is 29.3 Å². The van der Waals surface area contributed by atoms with Crippen LogP contribution in [0.3, 0.4) is 0 Å². The van der Waals surface area contributed by atoms with E-state index in [1.54, 1.807) is 12.1 Å². The van der Waals surface area contributed by atoms with Crippen LogP contribution < -0.4 is 21.3 Å². The Kier molecular flexibility index (Phi) is 7.13. The Bertz CT molecular complexity index is 1590. The number of hydrogen-bond donors (Lipinski definition) is 3. The van der Waals surface area contributed by atoms with E-state index in [1.807, 2.05) is 0 Å². The molecular formula is C24H19F3N4O6. The van der Waals surface area contributed by atoms with Crippen molar-refractivity contribution in [3.05, 3.63) is 98.1 Å². The van der Waals surface area contributed by atoms with Crippen LogP contribution in [0.15, 0.2) is 58.3 Å². The molecule has 0 aliphatic carbocycles. The number of nitrogens with zero attached hydrogens (tertiary/aromatic N) is 1. The highest BCUT2D eigenvalue weighted by Gasteiger charge is 2.25. The number of ether oxygens (including phenoxy) is 2. The molecule has 4 rings (SSSR count). The van der Waals surface area contributed by atoms with Crippen molar-refractivity contribution in [2.75, 3.05) is 13.7 Å². The number of hydrogen-bond acceptors (Lipinski definition) is 6. The third kappa shape index (κ3) is 5.55. The van der Waals surface area contributed by atoms with Crippen molar-refractivity contribution in [1.29, 1.82) is 0 Å². The number of nitrogens with one attached hydrogen (secondary N) is 3. The number of amides is 1. The van der Waals surface area contributed by atoms with Crippen molar-refractivity contribution in [1.82, 2.24) is 19.9 Å². The van der Waals surface area contributed by atoms with Crippen LogP contribution in [0.4, 0.5) is 13.2 Å². The maximum Gasteiger partial charge on any atom is 0.331 e. The summed E-state index contributed by atoms with van der Waals surface area (Å²) in [4.78, 5) is 54.5. The standard InChI is InChI=1S/C24H19F3N4O6/c1-36-23(34)19(11-37-13-4-5-17-18(9-13)30-24(35)29-17)28-21(32)14-3-2-6-31(22(14)33)10-12-7-15(25)20(27)16(26)8-12/h2-9,19H,10-11H2,1H3,(H,28,32)(H2,29,30,35)/t19-/m0/s1. The highest BCUT2D eigenvalue weighted by molar-refractivity contribution is 5.96. The van der Waals surface area contributed by atoms with E-state index < -0.39 is 46.6 Å². The fourth-order valence-electron chi connectivity index (χ4n) is 3.56. The Morgan fingerprint density at radius 2 is 1.73 bits per heavy atom. The second kappa shape index (κ2) is 10.4. The number of H-pyrrole nitrogens is 2. The summed E-state index contributed by atoms with van der Waals surface area (Å²) >= 11 is 0. The van der Waals surface area contributed by atoms with Crippen LogP contribution in [0, 0.1) is 17.5 Å². The lowest BCUT2D eigenvalue weighted by atomic mass is 10.2. The second-order valence-electron chi connectivity index (χ2n) is 7.88. The van der Waals surface area contributed by atoms with Gasteiger partial charge in [-0.1, -0.05) is 0 Å². The van der Waals surface area contributed by atoms with Crippen molar-refractivity contribution in [2.24, 2.45) is 0 Å². The van der Waals surface area contributed by atoms with Crippen molar-refractivity contribution >= 4 is 22.9 Å². The molecule has 0 unspecified atom stereocenters. The first kappa shape index (κ1) is 25.3. The summed E-state index contributed by atoms with van der Waals surface area (Å²) < 4.78 is 51.6. The third-order valence-electron chi connectivity index (χ3n) is 5.36. The molecule has 13 heteroatoms. The summed E-state index contributed by atoms with van der Waals surface area (Å²) in [5.41, 5.74) is -0.636. The number of imidazole rings is 1. The Labute approximate surface area is 205 Å². The van der Waals surface area contributed by atoms with Gasteiger partial charge in [-0.3, -0.25) is 9.59 Å². The Morgan fingerprint density at radius 1 is 1.03 bits per heavy atom. The zero-order valence-corrected chi connectivity index (χ0v) is 19.1. The second-order valence-corrected chi connectivity index (χ2v) is 7.88. The lowest BCUT2D eigenvalue weighted by molar-refractivity contribution is -0.143. The minimum absolute atomic E-state index is 0.0439. The van der Waals surface area contributed by atoms with Crippen molar-refractivity contribution < 1.29 is 32.2 Å². The number of fused-ring (bicyclic) bond motifs is 1. The number of pyridine rings is 1. The van der Waals surface area contributed by atoms with E-state index in [2.05, 4.69) is 15.3 Å². The molecule has 4 aromatic rings. The lowest BCUT2D eigenvalue weighted by Crippen LogP contribution is -2.47. The van der Waals surface area contributed by atoms with Crippen LogP contribution >= 0.6 is 0 Å². The van der Waals surface area contributed by atoms with Crippen LogP contribution in [0.25, 0.3) is 11.0 Å². The fraction of sp³-hybridized carbons (Fsp3) is 0.167. The molecule has 0 saturated heterocycles. The van der Waals surface area contributed by atoms with E-state index in [1.165, 1.54) is 24.4 Å². The third-order valence-corrected chi connectivity index (χ3v) is 5.36. The molecule has 0 spiro atoms. The van der Waals surface area contributed by atoms with Crippen molar-refractivity contribution in [3.8, 4) is 5.75 Å². The minimum Gasteiger partial charge on any atom is -0.491 e. The summed E-state index contributed by atoms with van der Waals surface area (Å²) in [5.74, 6) is -5.97. The van der Waals surface area contributed by atoms with Gasteiger partial charge in [0.1, 0.15) is 17.9 Å². The molecule has 2 aromatic heterocycles. The molecule has 10 nitrogen and oxygen atoms in total. The zero-order valence-electron chi connectivity index (χ0n) is 19.1. The van der Waals surface area contributed by atoms with Gasteiger partial charge in [-0.15, -0.1) is 0 Å². The summed E-state index contributed by atoms with van der Waals surface area (Å²) in [7, 11) is 1.11. The molecule has 0 aliphatic heterocycles.